The fraction of sp³-hybridized carbons (Fsp3) is 0.238. The van der Waals surface area contributed by atoms with Crippen molar-refractivity contribution < 1.29 is 10.2 Å². The highest BCUT2D eigenvalue weighted by atomic mass is 32.1. The first kappa shape index (κ1) is 17.5. The van der Waals surface area contributed by atoms with Crippen LogP contribution >= 0.6 is 11.3 Å². The van der Waals surface area contributed by atoms with Crippen LogP contribution in [0, 0.1) is 0 Å². The Kier molecular flexibility index (Phi) is 4.58. The first-order chi connectivity index (χ1) is 13.0. The lowest BCUT2D eigenvalue weighted by Gasteiger charge is -2.45. The highest BCUT2D eigenvalue weighted by Gasteiger charge is 2.42. The monoisotopic (exact) mass is 379 g/mol. The summed E-state index contributed by atoms with van der Waals surface area (Å²) in [7, 11) is 0. The Labute approximate surface area is 162 Å². The molecule has 1 aliphatic carbocycles. The molecule has 0 unspecified atom stereocenters. The van der Waals surface area contributed by atoms with E-state index >= 15 is 0 Å². The second-order valence-electron chi connectivity index (χ2n) is 7.19. The fourth-order valence-electron chi connectivity index (χ4n) is 3.65. The summed E-state index contributed by atoms with van der Waals surface area (Å²) in [6.45, 7) is 2.32. The van der Waals surface area contributed by atoms with Crippen LogP contribution in [-0.2, 0) is 5.41 Å². The van der Waals surface area contributed by atoms with E-state index in [1.807, 2.05) is 0 Å². The van der Waals surface area contributed by atoms with E-state index in [1.54, 1.807) is 12.1 Å². The smallest absolute Gasteiger partial charge is 0.203 e. The standard InChI is InChI=1S/C21H21N3O2S/c1-21(16-7-3-2-4-8-16)10-15(11-21)17-13-27-20(23-17)24-22-12-14-6-5-9-18(25)19(14)26/h2-9,12-13,15,25-26H,10-11H2,1H3,(H,23,24). The van der Waals surface area contributed by atoms with E-state index in [-0.39, 0.29) is 16.9 Å². The second kappa shape index (κ2) is 7.04. The summed E-state index contributed by atoms with van der Waals surface area (Å²) < 4.78 is 0. The molecule has 0 saturated heterocycles. The van der Waals surface area contributed by atoms with Gasteiger partial charge in [0.25, 0.3) is 0 Å². The molecule has 3 aromatic rings. The molecule has 0 radical (unpaired) electrons. The Morgan fingerprint density at radius 2 is 1.93 bits per heavy atom. The average molecular weight is 379 g/mol. The van der Waals surface area contributed by atoms with Gasteiger partial charge in [0.1, 0.15) is 0 Å². The lowest BCUT2D eigenvalue weighted by Crippen LogP contribution is -2.37. The molecule has 2 aromatic carbocycles. The third-order valence-electron chi connectivity index (χ3n) is 5.21. The van der Waals surface area contributed by atoms with Crippen LogP contribution in [0.3, 0.4) is 0 Å². The summed E-state index contributed by atoms with van der Waals surface area (Å²) in [6, 6.07) is 15.4. The predicted molar refractivity (Wildman–Crippen MR) is 109 cm³/mol. The zero-order chi connectivity index (χ0) is 18.9. The first-order valence-electron chi connectivity index (χ1n) is 8.86. The maximum atomic E-state index is 9.77. The van der Waals surface area contributed by atoms with Crippen molar-refractivity contribution in [3.8, 4) is 11.5 Å². The number of phenols is 2. The van der Waals surface area contributed by atoms with Crippen molar-refractivity contribution in [3.63, 3.8) is 0 Å². The number of hydrazone groups is 1. The Morgan fingerprint density at radius 3 is 2.70 bits per heavy atom. The van der Waals surface area contributed by atoms with Crippen molar-refractivity contribution in [2.75, 3.05) is 5.43 Å². The zero-order valence-electron chi connectivity index (χ0n) is 15.0. The number of aromatic nitrogens is 1. The van der Waals surface area contributed by atoms with Gasteiger partial charge in [-0.15, -0.1) is 11.3 Å². The van der Waals surface area contributed by atoms with Gasteiger partial charge in [0.15, 0.2) is 11.5 Å². The highest BCUT2D eigenvalue weighted by Crippen LogP contribution is 2.52. The number of hydrogen-bond acceptors (Lipinski definition) is 6. The fourth-order valence-corrected chi connectivity index (χ4v) is 4.39. The Bertz CT molecular complexity index is 963. The topological polar surface area (TPSA) is 77.7 Å². The number of nitrogens with zero attached hydrogens (tertiary/aromatic N) is 2. The summed E-state index contributed by atoms with van der Waals surface area (Å²) in [5.74, 6) is 0.126. The van der Waals surface area contributed by atoms with Crippen LogP contribution in [0.2, 0.25) is 0 Å². The number of aromatic hydroxyl groups is 2. The number of para-hydroxylation sites is 1. The minimum atomic E-state index is -0.183. The van der Waals surface area contributed by atoms with E-state index in [2.05, 4.69) is 58.1 Å². The van der Waals surface area contributed by atoms with Crippen molar-refractivity contribution in [1.29, 1.82) is 0 Å². The molecule has 1 aliphatic rings. The molecule has 1 saturated carbocycles. The lowest BCUT2D eigenvalue weighted by molar-refractivity contribution is 0.222. The van der Waals surface area contributed by atoms with Crippen molar-refractivity contribution >= 4 is 22.7 Å². The molecule has 6 heteroatoms. The van der Waals surface area contributed by atoms with Crippen molar-refractivity contribution in [2.24, 2.45) is 5.10 Å². The van der Waals surface area contributed by atoms with Crippen molar-refractivity contribution in [1.82, 2.24) is 4.98 Å². The van der Waals surface area contributed by atoms with Gasteiger partial charge in [0.2, 0.25) is 5.13 Å². The number of rotatable bonds is 5. The minimum Gasteiger partial charge on any atom is -0.504 e. The maximum absolute atomic E-state index is 9.77. The molecule has 0 spiro atoms. The van der Waals surface area contributed by atoms with Gasteiger partial charge >= 0.3 is 0 Å². The van der Waals surface area contributed by atoms with Gasteiger partial charge in [-0.2, -0.15) is 5.10 Å². The van der Waals surface area contributed by atoms with Crippen LogP contribution in [0.5, 0.6) is 11.5 Å². The summed E-state index contributed by atoms with van der Waals surface area (Å²) in [4.78, 5) is 4.64. The number of benzene rings is 2. The minimum absolute atomic E-state index is 0.165. The quantitative estimate of drug-likeness (QED) is 0.337. The molecule has 1 heterocycles. The van der Waals surface area contributed by atoms with E-state index < -0.39 is 0 Å². The molecule has 0 atom stereocenters. The lowest BCUT2D eigenvalue weighted by atomic mass is 9.59. The number of anilines is 1. The SMILES string of the molecule is CC1(c2ccccc2)CC(c2csc(NN=Cc3cccc(O)c3O)n2)C1. The molecule has 0 bridgehead atoms. The van der Waals surface area contributed by atoms with Crippen LogP contribution in [0.25, 0.3) is 0 Å². The van der Waals surface area contributed by atoms with Crippen LogP contribution in [-0.4, -0.2) is 21.4 Å². The summed E-state index contributed by atoms with van der Waals surface area (Å²) >= 11 is 1.52. The molecule has 27 heavy (non-hydrogen) atoms. The van der Waals surface area contributed by atoms with Gasteiger partial charge in [0, 0.05) is 16.9 Å². The molecule has 138 valence electrons. The van der Waals surface area contributed by atoms with Crippen LogP contribution in [0.1, 0.15) is 42.5 Å². The summed E-state index contributed by atoms with van der Waals surface area (Å²) in [6.07, 6.45) is 3.66. The van der Waals surface area contributed by atoms with Gasteiger partial charge in [0.05, 0.1) is 11.9 Å². The number of hydrogen-bond donors (Lipinski definition) is 3. The Morgan fingerprint density at radius 1 is 1.15 bits per heavy atom. The Hall–Kier alpha value is -2.86. The summed E-state index contributed by atoms with van der Waals surface area (Å²) in [5, 5.41) is 26.2. The van der Waals surface area contributed by atoms with Crippen LogP contribution < -0.4 is 5.43 Å². The van der Waals surface area contributed by atoms with Crippen molar-refractivity contribution in [3.05, 3.63) is 70.7 Å². The van der Waals surface area contributed by atoms with Gasteiger partial charge in [-0.05, 0) is 36.0 Å². The number of phenolic OH excluding ortho intramolecular Hbond substituents is 2. The molecule has 1 fully saturated rings. The molecule has 4 rings (SSSR count). The molecular formula is C21H21N3O2S. The predicted octanol–water partition coefficient (Wildman–Crippen LogP) is 4.84. The molecule has 3 N–H and O–H groups in total. The van der Waals surface area contributed by atoms with Gasteiger partial charge in [-0.25, -0.2) is 4.98 Å². The maximum Gasteiger partial charge on any atom is 0.203 e. The first-order valence-corrected chi connectivity index (χ1v) is 9.74. The molecule has 0 amide bonds. The van der Waals surface area contributed by atoms with E-state index in [1.165, 1.54) is 29.2 Å². The van der Waals surface area contributed by atoms with Crippen LogP contribution in [0.15, 0.2) is 59.0 Å². The molecule has 5 nitrogen and oxygen atoms in total. The molecule has 1 aromatic heterocycles. The normalized spacial score (nSPS) is 21.9. The van der Waals surface area contributed by atoms with E-state index in [0.717, 1.165) is 18.5 Å². The average Bonchev–Trinajstić information content (AvgIpc) is 3.12. The van der Waals surface area contributed by atoms with E-state index in [9.17, 15) is 10.2 Å². The van der Waals surface area contributed by atoms with Gasteiger partial charge < -0.3 is 10.2 Å². The van der Waals surface area contributed by atoms with Gasteiger partial charge in [-0.1, -0.05) is 43.3 Å². The second-order valence-corrected chi connectivity index (χ2v) is 8.05. The highest BCUT2D eigenvalue weighted by molar-refractivity contribution is 7.13. The Balaban J connectivity index is 1.37. The molecular weight excluding hydrogens is 358 g/mol. The van der Waals surface area contributed by atoms with E-state index in [4.69, 9.17) is 0 Å². The third-order valence-corrected chi connectivity index (χ3v) is 5.98. The van der Waals surface area contributed by atoms with Crippen LogP contribution in [0.4, 0.5) is 5.13 Å². The van der Waals surface area contributed by atoms with E-state index in [0.29, 0.717) is 16.6 Å². The number of nitrogens with one attached hydrogen (secondary N) is 1. The van der Waals surface area contributed by atoms with Crippen molar-refractivity contribution in [2.45, 2.75) is 31.1 Å². The summed E-state index contributed by atoms with van der Waals surface area (Å²) in [5.41, 5.74) is 6.07. The zero-order valence-corrected chi connectivity index (χ0v) is 15.8. The third kappa shape index (κ3) is 3.53. The molecule has 0 aliphatic heterocycles. The van der Waals surface area contributed by atoms with Gasteiger partial charge in [-0.3, -0.25) is 5.43 Å². The number of thiazole rings is 1. The largest absolute Gasteiger partial charge is 0.504 e.